The Labute approximate surface area is 182 Å². The van der Waals surface area contributed by atoms with Crippen LogP contribution in [0.2, 0.25) is 5.02 Å². The maximum absolute atomic E-state index is 12.8. The van der Waals surface area contributed by atoms with Gasteiger partial charge in [0, 0.05) is 18.1 Å². The summed E-state index contributed by atoms with van der Waals surface area (Å²) in [6.07, 6.45) is 1.69. The zero-order valence-corrected chi connectivity index (χ0v) is 18.8. The Morgan fingerprint density at radius 3 is 2.37 bits per heavy atom. The van der Waals surface area contributed by atoms with Gasteiger partial charge < -0.3 is 14.8 Å². The second kappa shape index (κ2) is 9.24. The molecule has 0 saturated carbocycles. The number of hydrogen-bond donors (Lipinski definition) is 1. The van der Waals surface area contributed by atoms with Gasteiger partial charge in [-0.2, -0.15) is 4.31 Å². The number of benzene rings is 2. The summed E-state index contributed by atoms with van der Waals surface area (Å²) in [5, 5.41) is 3.34. The summed E-state index contributed by atoms with van der Waals surface area (Å²) in [4.78, 5) is 12.5. The van der Waals surface area contributed by atoms with E-state index in [2.05, 4.69) is 5.32 Å². The van der Waals surface area contributed by atoms with Crippen LogP contribution < -0.4 is 14.8 Å². The number of ether oxygens (including phenoxy) is 2. The molecule has 0 bridgehead atoms. The zero-order chi connectivity index (χ0) is 21.9. The van der Waals surface area contributed by atoms with Gasteiger partial charge in [0.15, 0.2) is 6.61 Å². The number of carbonyl (C=O) groups is 1. The van der Waals surface area contributed by atoms with Gasteiger partial charge in [-0.05, 0) is 68.1 Å². The van der Waals surface area contributed by atoms with Crippen LogP contribution in [0, 0.1) is 13.8 Å². The van der Waals surface area contributed by atoms with Crippen molar-refractivity contribution in [2.75, 3.05) is 32.1 Å². The third kappa shape index (κ3) is 4.88. The van der Waals surface area contributed by atoms with Gasteiger partial charge in [0.05, 0.1) is 17.7 Å². The predicted octanol–water partition coefficient (Wildman–Crippen LogP) is 3.77. The molecular formula is C21H25ClN2O5S. The van der Waals surface area contributed by atoms with Crippen molar-refractivity contribution in [3.63, 3.8) is 0 Å². The molecule has 3 rings (SSSR count). The van der Waals surface area contributed by atoms with E-state index in [1.807, 2.05) is 13.8 Å². The summed E-state index contributed by atoms with van der Waals surface area (Å²) in [6.45, 7) is 4.49. The molecule has 0 aliphatic carbocycles. The number of carbonyl (C=O) groups excluding carboxylic acids is 1. The molecule has 1 N–H and O–H groups in total. The molecule has 1 heterocycles. The lowest BCUT2D eigenvalue weighted by Crippen LogP contribution is -2.28. The summed E-state index contributed by atoms with van der Waals surface area (Å²) in [5.41, 5.74) is 1.98. The molecule has 1 fully saturated rings. The van der Waals surface area contributed by atoms with Gasteiger partial charge in [0.25, 0.3) is 5.91 Å². The monoisotopic (exact) mass is 452 g/mol. The summed E-state index contributed by atoms with van der Waals surface area (Å²) >= 11 is 6.15. The SMILES string of the molecule is COc1ccc(S(=O)(=O)N2CCCC2)cc1NC(=O)COc1cc(C)c(Cl)c(C)c1. The molecule has 2 aromatic rings. The minimum Gasteiger partial charge on any atom is -0.495 e. The Bertz CT molecular complexity index is 1030. The first-order valence-corrected chi connectivity index (χ1v) is 11.4. The van der Waals surface area contributed by atoms with Gasteiger partial charge in [-0.25, -0.2) is 8.42 Å². The smallest absolute Gasteiger partial charge is 0.262 e. The largest absolute Gasteiger partial charge is 0.495 e. The van der Waals surface area contributed by atoms with Crippen LogP contribution in [0.1, 0.15) is 24.0 Å². The van der Waals surface area contributed by atoms with Crippen LogP contribution in [0.15, 0.2) is 35.2 Å². The Balaban J connectivity index is 1.74. The molecule has 1 amide bonds. The first-order chi connectivity index (χ1) is 14.2. The van der Waals surface area contributed by atoms with Crippen molar-refractivity contribution in [2.45, 2.75) is 31.6 Å². The molecule has 0 atom stereocenters. The van der Waals surface area contributed by atoms with Crippen LogP contribution in [0.3, 0.4) is 0 Å². The summed E-state index contributed by atoms with van der Waals surface area (Å²) in [7, 11) is -2.15. The van der Waals surface area contributed by atoms with Crippen LogP contribution in [-0.4, -0.2) is 45.4 Å². The molecule has 1 saturated heterocycles. The van der Waals surface area contributed by atoms with Crippen LogP contribution in [0.4, 0.5) is 5.69 Å². The summed E-state index contributed by atoms with van der Waals surface area (Å²) < 4.78 is 37.9. The Morgan fingerprint density at radius 1 is 1.13 bits per heavy atom. The van der Waals surface area contributed by atoms with E-state index in [4.69, 9.17) is 21.1 Å². The van der Waals surface area contributed by atoms with E-state index in [1.54, 1.807) is 12.1 Å². The number of halogens is 1. The lowest BCUT2D eigenvalue weighted by Gasteiger charge is -2.17. The van der Waals surface area contributed by atoms with Gasteiger partial charge in [0.2, 0.25) is 10.0 Å². The molecule has 0 aromatic heterocycles. The van der Waals surface area contributed by atoms with Crippen molar-refractivity contribution >= 4 is 33.2 Å². The highest BCUT2D eigenvalue weighted by atomic mass is 35.5. The average Bonchev–Trinajstić information content (AvgIpc) is 3.26. The van der Waals surface area contributed by atoms with E-state index < -0.39 is 15.9 Å². The molecule has 1 aliphatic rings. The number of aryl methyl sites for hydroxylation is 2. The minimum absolute atomic E-state index is 0.116. The van der Waals surface area contributed by atoms with Crippen molar-refractivity contribution in [3.05, 3.63) is 46.5 Å². The Hall–Kier alpha value is -2.29. The van der Waals surface area contributed by atoms with E-state index in [0.29, 0.717) is 29.6 Å². The van der Waals surface area contributed by atoms with Crippen molar-refractivity contribution in [2.24, 2.45) is 0 Å². The fourth-order valence-corrected chi connectivity index (χ4v) is 5.00. The quantitative estimate of drug-likeness (QED) is 0.691. The molecular weight excluding hydrogens is 428 g/mol. The lowest BCUT2D eigenvalue weighted by atomic mass is 10.1. The van der Waals surface area contributed by atoms with Gasteiger partial charge in [0.1, 0.15) is 11.5 Å². The van der Waals surface area contributed by atoms with Gasteiger partial charge in [-0.3, -0.25) is 4.79 Å². The number of nitrogens with zero attached hydrogens (tertiary/aromatic N) is 1. The number of rotatable bonds is 7. The van der Waals surface area contributed by atoms with E-state index in [9.17, 15) is 13.2 Å². The second-order valence-electron chi connectivity index (χ2n) is 7.18. The average molecular weight is 453 g/mol. The predicted molar refractivity (Wildman–Crippen MR) is 116 cm³/mol. The molecule has 2 aromatic carbocycles. The van der Waals surface area contributed by atoms with E-state index >= 15 is 0 Å². The summed E-state index contributed by atoms with van der Waals surface area (Å²) in [6, 6.07) is 7.95. The topological polar surface area (TPSA) is 84.9 Å². The molecule has 0 spiro atoms. The number of hydrogen-bond acceptors (Lipinski definition) is 5. The van der Waals surface area contributed by atoms with Gasteiger partial charge in [-0.15, -0.1) is 0 Å². The van der Waals surface area contributed by atoms with Crippen molar-refractivity contribution in [1.82, 2.24) is 4.31 Å². The number of amides is 1. The van der Waals surface area contributed by atoms with Crippen LogP contribution in [-0.2, 0) is 14.8 Å². The van der Waals surface area contributed by atoms with Crippen molar-refractivity contribution in [3.8, 4) is 11.5 Å². The number of nitrogens with one attached hydrogen (secondary N) is 1. The molecule has 0 radical (unpaired) electrons. The fourth-order valence-electron chi connectivity index (χ4n) is 3.35. The molecule has 162 valence electrons. The van der Waals surface area contributed by atoms with Crippen LogP contribution in [0.5, 0.6) is 11.5 Å². The molecule has 1 aliphatic heterocycles. The third-order valence-electron chi connectivity index (χ3n) is 4.93. The molecule has 30 heavy (non-hydrogen) atoms. The molecule has 9 heteroatoms. The molecule has 0 unspecified atom stereocenters. The van der Waals surface area contributed by atoms with Crippen LogP contribution >= 0.6 is 11.6 Å². The lowest BCUT2D eigenvalue weighted by molar-refractivity contribution is -0.118. The summed E-state index contributed by atoms with van der Waals surface area (Å²) in [5.74, 6) is 0.457. The number of methoxy groups -OCH3 is 1. The first kappa shape index (κ1) is 22.4. The second-order valence-corrected chi connectivity index (χ2v) is 9.50. The minimum atomic E-state index is -3.61. The van der Waals surface area contributed by atoms with Crippen LogP contribution in [0.25, 0.3) is 0 Å². The standard InChI is InChI=1S/C21H25ClN2O5S/c1-14-10-16(11-15(2)21(14)22)29-13-20(25)23-18-12-17(6-7-19(18)28-3)30(26,27)24-8-4-5-9-24/h6-7,10-12H,4-5,8-9,13H2,1-3H3,(H,23,25). The third-order valence-corrected chi connectivity index (χ3v) is 7.42. The highest BCUT2D eigenvalue weighted by Crippen LogP contribution is 2.30. The van der Waals surface area contributed by atoms with Crippen molar-refractivity contribution < 1.29 is 22.7 Å². The van der Waals surface area contributed by atoms with Gasteiger partial charge in [-0.1, -0.05) is 11.6 Å². The highest BCUT2D eigenvalue weighted by Gasteiger charge is 2.28. The Morgan fingerprint density at radius 2 is 1.77 bits per heavy atom. The highest BCUT2D eigenvalue weighted by molar-refractivity contribution is 7.89. The Kier molecular flexibility index (Phi) is 6.90. The fraction of sp³-hybridized carbons (Fsp3) is 0.381. The maximum Gasteiger partial charge on any atom is 0.262 e. The van der Waals surface area contributed by atoms with E-state index in [-0.39, 0.29) is 17.2 Å². The number of anilines is 1. The first-order valence-electron chi connectivity index (χ1n) is 9.60. The van der Waals surface area contributed by atoms with Crippen molar-refractivity contribution in [1.29, 1.82) is 0 Å². The zero-order valence-electron chi connectivity index (χ0n) is 17.2. The maximum atomic E-state index is 12.8. The van der Waals surface area contributed by atoms with E-state index in [0.717, 1.165) is 24.0 Å². The number of sulfonamides is 1. The van der Waals surface area contributed by atoms with Gasteiger partial charge >= 0.3 is 0 Å². The van der Waals surface area contributed by atoms with E-state index in [1.165, 1.54) is 29.6 Å². The normalized spacial score (nSPS) is 14.5. The molecule has 7 nitrogen and oxygen atoms in total.